The lowest BCUT2D eigenvalue weighted by Gasteiger charge is -2.35. The van der Waals surface area contributed by atoms with Gasteiger partial charge in [-0.05, 0) is 33.6 Å². The molecule has 37 heavy (non-hydrogen) atoms. The second-order valence-corrected chi connectivity index (χ2v) is 9.63. The van der Waals surface area contributed by atoms with E-state index in [1.807, 2.05) is 0 Å². The summed E-state index contributed by atoms with van der Waals surface area (Å²) in [6, 6.07) is 3.01. The zero-order valence-electron chi connectivity index (χ0n) is 21.6. The zero-order chi connectivity index (χ0) is 26.9. The minimum absolute atomic E-state index is 0.0472. The van der Waals surface area contributed by atoms with Crippen molar-refractivity contribution < 1.29 is 28.3 Å². The monoisotopic (exact) mass is 513 g/mol. The Labute approximate surface area is 213 Å². The molecule has 3 heterocycles. The molecule has 1 fully saturated rings. The number of rotatable bonds is 7. The third-order valence-corrected chi connectivity index (χ3v) is 5.90. The number of furan rings is 1. The van der Waals surface area contributed by atoms with Gasteiger partial charge >= 0.3 is 6.09 Å². The molecule has 3 aromatic heterocycles. The fraction of sp³-hybridized carbons (Fsp3) is 0.458. The van der Waals surface area contributed by atoms with Gasteiger partial charge in [0.05, 0.1) is 30.3 Å². The minimum Gasteiger partial charge on any atom is -0.457 e. The number of methoxy groups -OCH3 is 1. The number of hydrogen-bond donors (Lipinski definition) is 3. The van der Waals surface area contributed by atoms with Crippen LogP contribution in [-0.4, -0.2) is 71.5 Å². The molecule has 0 radical (unpaired) electrons. The second-order valence-electron chi connectivity index (χ2n) is 9.63. The first kappa shape index (κ1) is 25.9. The SMILES string of the molecule is CNC(=O)c1occc1Nc1cc(N(C)C(=O)OC(C)(C)C)n2ncc(C(=O)N[C@H]3CC[C@@H]3OC)c2n1. The van der Waals surface area contributed by atoms with Crippen LogP contribution in [0.25, 0.3) is 5.65 Å². The molecule has 13 heteroatoms. The summed E-state index contributed by atoms with van der Waals surface area (Å²) in [6.07, 6.45) is 3.75. The van der Waals surface area contributed by atoms with Crippen molar-refractivity contribution in [1.82, 2.24) is 25.2 Å². The molecule has 13 nitrogen and oxygen atoms in total. The molecule has 4 rings (SSSR count). The van der Waals surface area contributed by atoms with Crippen LogP contribution in [0.5, 0.6) is 0 Å². The summed E-state index contributed by atoms with van der Waals surface area (Å²) < 4.78 is 17.6. The Morgan fingerprint density at radius 1 is 1.22 bits per heavy atom. The summed E-state index contributed by atoms with van der Waals surface area (Å²) in [5.74, 6) is -0.223. The number of nitrogens with one attached hydrogen (secondary N) is 3. The summed E-state index contributed by atoms with van der Waals surface area (Å²) in [5, 5.41) is 12.8. The van der Waals surface area contributed by atoms with Crippen LogP contribution in [0.15, 0.2) is 29.0 Å². The molecule has 0 unspecified atom stereocenters. The van der Waals surface area contributed by atoms with E-state index in [4.69, 9.17) is 13.9 Å². The molecule has 3 N–H and O–H groups in total. The highest BCUT2D eigenvalue weighted by molar-refractivity contribution is 6.01. The molecular weight excluding hydrogens is 482 g/mol. The van der Waals surface area contributed by atoms with E-state index in [2.05, 4.69) is 26.0 Å². The van der Waals surface area contributed by atoms with E-state index >= 15 is 0 Å². The van der Waals surface area contributed by atoms with Crippen LogP contribution in [0.4, 0.5) is 22.1 Å². The molecule has 198 valence electrons. The molecule has 0 bridgehead atoms. The predicted octanol–water partition coefficient (Wildman–Crippen LogP) is 2.70. The lowest BCUT2D eigenvalue weighted by atomic mass is 9.89. The van der Waals surface area contributed by atoms with Gasteiger partial charge in [-0.1, -0.05) is 0 Å². The van der Waals surface area contributed by atoms with E-state index in [1.54, 1.807) is 40.0 Å². The lowest BCUT2D eigenvalue weighted by molar-refractivity contribution is 0.00732. The van der Waals surface area contributed by atoms with Crippen molar-refractivity contribution >= 4 is 40.9 Å². The topological polar surface area (TPSA) is 152 Å². The van der Waals surface area contributed by atoms with Gasteiger partial charge < -0.3 is 29.8 Å². The standard InChI is InChI=1S/C24H31N7O6/c1-24(2,3)37-23(34)30(5)18-11-17(27-15-9-10-36-19(15)22(33)25-4)29-20-13(12-26-31(18)20)21(32)28-14-7-8-16(14)35-6/h9-12,14,16H,7-8H2,1-6H3,(H,25,33)(H,27,29)(H,28,32)/t14-,16-/m0/s1. The first-order valence-electron chi connectivity index (χ1n) is 11.8. The number of fused-ring (bicyclic) bond motifs is 1. The first-order chi connectivity index (χ1) is 17.5. The fourth-order valence-electron chi connectivity index (χ4n) is 3.83. The molecule has 1 aliphatic rings. The van der Waals surface area contributed by atoms with Crippen molar-refractivity contribution in [2.75, 3.05) is 31.4 Å². The number of nitrogens with zero attached hydrogens (tertiary/aromatic N) is 4. The summed E-state index contributed by atoms with van der Waals surface area (Å²) in [5.41, 5.74) is 0.0345. The van der Waals surface area contributed by atoms with Crippen LogP contribution >= 0.6 is 0 Å². The summed E-state index contributed by atoms with van der Waals surface area (Å²) in [6.45, 7) is 5.28. The van der Waals surface area contributed by atoms with Crippen LogP contribution in [0.3, 0.4) is 0 Å². The maximum absolute atomic E-state index is 13.1. The highest BCUT2D eigenvalue weighted by atomic mass is 16.6. The highest BCUT2D eigenvalue weighted by Crippen LogP contribution is 2.28. The van der Waals surface area contributed by atoms with Crippen LogP contribution in [0, 0.1) is 0 Å². The van der Waals surface area contributed by atoms with Crippen molar-refractivity contribution in [1.29, 1.82) is 0 Å². The number of hydrogen-bond acceptors (Lipinski definition) is 9. The Bertz CT molecular complexity index is 1320. The van der Waals surface area contributed by atoms with Gasteiger partial charge in [0.25, 0.3) is 11.8 Å². The molecule has 0 saturated heterocycles. The quantitative estimate of drug-likeness (QED) is 0.433. The predicted molar refractivity (Wildman–Crippen MR) is 134 cm³/mol. The van der Waals surface area contributed by atoms with Gasteiger partial charge in [-0.2, -0.15) is 9.61 Å². The largest absolute Gasteiger partial charge is 0.457 e. The number of amides is 3. The maximum Gasteiger partial charge on any atom is 0.415 e. The Hall–Kier alpha value is -4.13. The van der Waals surface area contributed by atoms with Crippen molar-refractivity contribution in [3.63, 3.8) is 0 Å². The molecule has 3 aromatic rings. The number of anilines is 3. The average Bonchev–Trinajstić information content (AvgIpc) is 3.46. The Balaban J connectivity index is 1.75. The molecule has 0 aliphatic heterocycles. The molecule has 0 spiro atoms. The minimum atomic E-state index is -0.729. The van der Waals surface area contributed by atoms with Gasteiger partial charge in [0.2, 0.25) is 5.76 Å². The van der Waals surface area contributed by atoms with Gasteiger partial charge in [0, 0.05) is 33.3 Å². The van der Waals surface area contributed by atoms with Crippen molar-refractivity contribution in [3.8, 4) is 0 Å². The van der Waals surface area contributed by atoms with E-state index in [-0.39, 0.29) is 46.7 Å². The number of ether oxygens (including phenoxy) is 2. The van der Waals surface area contributed by atoms with E-state index in [0.29, 0.717) is 5.69 Å². The number of carbonyl (C=O) groups excluding carboxylic acids is 3. The van der Waals surface area contributed by atoms with Gasteiger partial charge in [-0.25, -0.2) is 9.78 Å². The van der Waals surface area contributed by atoms with Gasteiger partial charge in [0.1, 0.15) is 22.8 Å². The van der Waals surface area contributed by atoms with E-state index in [1.165, 1.54) is 36.0 Å². The highest BCUT2D eigenvalue weighted by Gasteiger charge is 2.33. The molecule has 1 saturated carbocycles. The lowest BCUT2D eigenvalue weighted by Crippen LogP contribution is -2.51. The number of aromatic nitrogens is 3. The van der Waals surface area contributed by atoms with Crippen LogP contribution in [0.1, 0.15) is 54.5 Å². The van der Waals surface area contributed by atoms with Gasteiger partial charge in [0.15, 0.2) is 5.65 Å². The van der Waals surface area contributed by atoms with Gasteiger partial charge in [-0.3, -0.25) is 14.5 Å². The first-order valence-corrected chi connectivity index (χ1v) is 11.8. The Morgan fingerprint density at radius 3 is 2.59 bits per heavy atom. The van der Waals surface area contributed by atoms with Gasteiger partial charge in [-0.15, -0.1) is 0 Å². The van der Waals surface area contributed by atoms with E-state index < -0.39 is 17.6 Å². The summed E-state index contributed by atoms with van der Waals surface area (Å²) in [7, 11) is 4.62. The van der Waals surface area contributed by atoms with E-state index in [0.717, 1.165) is 12.8 Å². The molecular formula is C24H31N7O6. The van der Waals surface area contributed by atoms with E-state index in [9.17, 15) is 14.4 Å². The van der Waals surface area contributed by atoms with Crippen LogP contribution in [0.2, 0.25) is 0 Å². The van der Waals surface area contributed by atoms with Crippen molar-refractivity contribution in [3.05, 3.63) is 35.9 Å². The molecule has 1 aliphatic carbocycles. The van der Waals surface area contributed by atoms with Crippen molar-refractivity contribution in [2.24, 2.45) is 0 Å². The second kappa shape index (κ2) is 10.1. The molecule has 0 aromatic carbocycles. The third-order valence-electron chi connectivity index (χ3n) is 5.90. The smallest absolute Gasteiger partial charge is 0.415 e. The van der Waals surface area contributed by atoms with Crippen LogP contribution < -0.4 is 20.9 Å². The normalized spacial score (nSPS) is 17.1. The molecule has 3 amide bonds. The maximum atomic E-state index is 13.1. The molecule has 2 atom stereocenters. The summed E-state index contributed by atoms with van der Waals surface area (Å²) in [4.78, 5) is 44.0. The Kier molecular flexibility index (Phi) is 7.07. The average molecular weight is 514 g/mol. The summed E-state index contributed by atoms with van der Waals surface area (Å²) >= 11 is 0. The number of carbonyl (C=O) groups is 3. The third kappa shape index (κ3) is 5.35. The van der Waals surface area contributed by atoms with Crippen molar-refractivity contribution in [2.45, 2.75) is 51.4 Å². The zero-order valence-corrected chi connectivity index (χ0v) is 21.6. The van der Waals surface area contributed by atoms with Crippen LogP contribution in [-0.2, 0) is 9.47 Å². The Morgan fingerprint density at radius 2 is 1.97 bits per heavy atom. The fourth-order valence-corrected chi connectivity index (χ4v) is 3.83.